The van der Waals surface area contributed by atoms with Gasteiger partial charge in [0.2, 0.25) is 5.91 Å². The van der Waals surface area contributed by atoms with Crippen LogP contribution >= 0.6 is 0 Å². The lowest BCUT2D eigenvalue weighted by Crippen LogP contribution is -2.45. The Bertz CT molecular complexity index is 960. The first kappa shape index (κ1) is 22.1. The lowest BCUT2D eigenvalue weighted by atomic mass is 9.93. The van der Waals surface area contributed by atoms with Gasteiger partial charge in [-0.3, -0.25) is 14.5 Å². The minimum Gasteiger partial charge on any atom is -0.497 e. The number of urea groups is 1. The van der Waals surface area contributed by atoms with Crippen molar-refractivity contribution in [1.82, 2.24) is 10.2 Å². The summed E-state index contributed by atoms with van der Waals surface area (Å²) in [7, 11) is 1.60. The van der Waals surface area contributed by atoms with Gasteiger partial charge in [0.25, 0.3) is 5.91 Å². The fourth-order valence-corrected chi connectivity index (χ4v) is 3.43. The summed E-state index contributed by atoms with van der Waals surface area (Å²) in [5.74, 6) is 0.387. The van der Waals surface area contributed by atoms with Crippen LogP contribution in [0.5, 0.6) is 11.5 Å². The van der Waals surface area contributed by atoms with E-state index in [4.69, 9.17) is 9.47 Å². The standard InChI is InChI=1S/C23H27N3O5/c1-4-31-19-8-6-5-7-18(19)24-20(27)15-26-21(28)23(2,25-22(26)29)14-13-16-9-11-17(30-3)12-10-16/h5-12H,4,13-15H2,1-3H3,(H,24,27)(H,25,29)/t23-/m1/s1. The summed E-state index contributed by atoms with van der Waals surface area (Å²) in [6.45, 7) is 3.60. The van der Waals surface area contributed by atoms with Gasteiger partial charge in [-0.2, -0.15) is 0 Å². The van der Waals surface area contributed by atoms with Crippen LogP contribution in [0.25, 0.3) is 0 Å². The number of nitrogens with zero attached hydrogens (tertiary/aromatic N) is 1. The largest absolute Gasteiger partial charge is 0.497 e. The smallest absolute Gasteiger partial charge is 0.325 e. The van der Waals surface area contributed by atoms with Crippen LogP contribution in [0, 0.1) is 0 Å². The molecule has 0 aromatic heterocycles. The summed E-state index contributed by atoms with van der Waals surface area (Å²) in [5.41, 5.74) is 0.442. The number of hydrogen-bond acceptors (Lipinski definition) is 5. The molecule has 0 bridgehead atoms. The van der Waals surface area contributed by atoms with Crippen molar-refractivity contribution in [3.63, 3.8) is 0 Å². The van der Waals surface area contributed by atoms with Crippen molar-refractivity contribution < 1.29 is 23.9 Å². The molecule has 164 valence electrons. The van der Waals surface area contributed by atoms with Crippen LogP contribution in [0.1, 0.15) is 25.8 Å². The molecule has 0 spiro atoms. The minimum atomic E-state index is -1.07. The number of para-hydroxylation sites is 2. The molecule has 0 unspecified atom stereocenters. The molecule has 1 heterocycles. The van der Waals surface area contributed by atoms with Gasteiger partial charge in [0.1, 0.15) is 23.6 Å². The maximum atomic E-state index is 12.9. The first-order valence-electron chi connectivity index (χ1n) is 10.1. The molecule has 1 aliphatic rings. The molecule has 2 N–H and O–H groups in total. The molecule has 1 fully saturated rings. The Labute approximate surface area is 181 Å². The zero-order chi connectivity index (χ0) is 22.4. The van der Waals surface area contributed by atoms with E-state index < -0.39 is 23.4 Å². The molecule has 31 heavy (non-hydrogen) atoms. The SMILES string of the molecule is CCOc1ccccc1NC(=O)CN1C(=O)N[C@](C)(CCc2ccc(OC)cc2)C1=O. The Balaban J connectivity index is 1.61. The van der Waals surface area contributed by atoms with E-state index in [1.54, 1.807) is 38.3 Å². The summed E-state index contributed by atoms with van der Waals surface area (Å²) in [6, 6.07) is 14.0. The highest BCUT2D eigenvalue weighted by atomic mass is 16.5. The predicted molar refractivity (Wildman–Crippen MR) is 116 cm³/mol. The average molecular weight is 425 g/mol. The summed E-state index contributed by atoms with van der Waals surface area (Å²) in [4.78, 5) is 38.8. The molecule has 8 nitrogen and oxygen atoms in total. The molecule has 1 aliphatic heterocycles. The molecular weight excluding hydrogens is 398 g/mol. The number of anilines is 1. The zero-order valence-corrected chi connectivity index (χ0v) is 17.9. The highest BCUT2D eigenvalue weighted by Crippen LogP contribution is 2.26. The number of ether oxygens (including phenoxy) is 2. The fourth-order valence-electron chi connectivity index (χ4n) is 3.43. The van der Waals surface area contributed by atoms with Crippen LogP contribution in [0.15, 0.2) is 48.5 Å². The van der Waals surface area contributed by atoms with Gasteiger partial charge in [0.05, 0.1) is 19.4 Å². The Morgan fingerprint density at radius 3 is 2.52 bits per heavy atom. The highest BCUT2D eigenvalue weighted by Gasteiger charge is 2.47. The van der Waals surface area contributed by atoms with Gasteiger partial charge >= 0.3 is 6.03 Å². The van der Waals surface area contributed by atoms with Gasteiger partial charge in [0, 0.05) is 0 Å². The first-order valence-corrected chi connectivity index (χ1v) is 10.1. The number of amides is 4. The van der Waals surface area contributed by atoms with E-state index in [1.165, 1.54) is 0 Å². The number of methoxy groups -OCH3 is 1. The maximum absolute atomic E-state index is 12.9. The third-order valence-electron chi connectivity index (χ3n) is 5.18. The van der Waals surface area contributed by atoms with Gasteiger partial charge in [0.15, 0.2) is 0 Å². The third-order valence-corrected chi connectivity index (χ3v) is 5.18. The van der Waals surface area contributed by atoms with E-state index >= 15 is 0 Å². The zero-order valence-electron chi connectivity index (χ0n) is 17.9. The third kappa shape index (κ3) is 5.14. The molecular formula is C23H27N3O5. The van der Waals surface area contributed by atoms with E-state index in [0.29, 0.717) is 30.9 Å². The van der Waals surface area contributed by atoms with Crippen molar-refractivity contribution in [3.05, 3.63) is 54.1 Å². The van der Waals surface area contributed by atoms with Gasteiger partial charge in [-0.25, -0.2) is 4.79 Å². The molecule has 4 amide bonds. The van der Waals surface area contributed by atoms with Crippen molar-refractivity contribution in [1.29, 1.82) is 0 Å². The predicted octanol–water partition coefficient (Wildman–Crippen LogP) is 2.98. The summed E-state index contributed by atoms with van der Waals surface area (Å²) in [5, 5.41) is 5.44. The summed E-state index contributed by atoms with van der Waals surface area (Å²) >= 11 is 0. The average Bonchev–Trinajstić information content (AvgIpc) is 2.97. The molecule has 1 saturated heterocycles. The Morgan fingerprint density at radius 2 is 1.84 bits per heavy atom. The number of nitrogens with one attached hydrogen (secondary N) is 2. The number of hydrogen-bond donors (Lipinski definition) is 2. The number of carbonyl (C=O) groups is 3. The molecule has 3 rings (SSSR count). The van der Waals surface area contributed by atoms with Crippen LogP contribution < -0.4 is 20.1 Å². The molecule has 2 aromatic rings. The van der Waals surface area contributed by atoms with Crippen molar-refractivity contribution in [3.8, 4) is 11.5 Å². The van der Waals surface area contributed by atoms with Gasteiger partial charge in [-0.15, -0.1) is 0 Å². The molecule has 1 atom stereocenters. The monoisotopic (exact) mass is 425 g/mol. The quantitative estimate of drug-likeness (QED) is 0.602. The number of benzene rings is 2. The normalized spacial score (nSPS) is 18.0. The molecule has 2 aromatic carbocycles. The topological polar surface area (TPSA) is 97.0 Å². The van der Waals surface area contributed by atoms with Gasteiger partial charge < -0.3 is 20.1 Å². The second-order valence-electron chi connectivity index (χ2n) is 7.48. The number of carbonyl (C=O) groups excluding carboxylic acids is 3. The minimum absolute atomic E-state index is 0.372. The molecule has 8 heteroatoms. The molecule has 0 saturated carbocycles. The van der Waals surface area contributed by atoms with E-state index in [-0.39, 0.29) is 6.54 Å². The molecule has 0 aliphatic carbocycles. The van der Waals surface area contributed by atoms with Crippen molar-refractivity contribution in [2.45, 2.75) is 32.2 Å². The lowest BCUT2D eigenvalue weighted by Gasteiger charge is -2.21. The van der Waals surface area contributed by atoms with Crippen LogP contribution in [-0.4, -0.2) is 48.5 Å². The van der Waals surface area contributed by atoms with Crippen LogP contribution in [-0.2, 0) is 16.0 Å². The summed E-state index contributed by atoms with van der Waals surface area (Å²) < 4.78 is 10.6. The van der Waals surface area contributed by atoms with E-state index in [9.17, 15) is 14.4 Å². The highest BCUT2D eigenvalue weighted by molar-refractivity contribution is 6.10. The Hall–Kier alpha value is -3.55. The second-order valence-corrected chi connectivity index (χ2v) is 7.48. The number of aryl methyl sites for hydroxylation is 1. The van der Waals surface area contributed by atoms with E-state index in [2.05, 4.69) is 10.6 Å². The molecule has 0 radical (unpaired) electrons. The number of rotatable bonds is 9. The van der Waals surface area contributed by atoms with Crippen molar-refractivity contribution in [2.75, 3.05) is 25.6 Å². The van der Waals surface area contributed by atoms with Gasteiger partial charge in [-0.1, -0.05) is 24.3 Å². The first-order chi connectivity index (χ1) is 14.9. The van der Waals surface area contributed by atoms with E-state index in [1.807, 2.05) is 31.2 Å². The Morgan fingerprint density at radius 1 is 1.13 bits per heavy atom. The Kier molecular flexibility index (Phi) is 6.79. The number of imide groups is 1. The summed E-state index contributed by atoms with van der Waals surface area (Å²) in [6.07, 6.45) is 1.00. The maximum Gasteiger partial charge on any atom is 0.325 e. The van der Waals surface area contributed by atoms with Gasteiger partial charge in [-0.05, 0) is 56.5 Å². The van der Waals surface area contributed by atoms with E-state index in [0.717, 1.165) is 16.2 Å². The second kappa shape index (κ2) is 9.51. The van der Waals surface area contributed by atoms with Crippen LogP contribution in [0.3, 0.4) is 0 Å². The van der Waals surface area contributed by atoms with Crippen LogP contribution in [0.4, 0.5) is 10.5 Å². The lowest BCUT2D eigenvalue weighted by molar-refractivity contribution is -0.133. The van der Waals surface area contributed by atoms with Crippen molar-refractivity contribution in [2.24, 2.45) is 0 Å². The van der Waals surface area contributed by atoms with Crippen LogP contribution in [0.2, 0.25) is 0 Å². The van der Waals surface area contributed by atoms with Crippen molar-refractivity contribution >= 4 is 23.5 Å². The fraction of sp³-hybridized carbons (Fsp3) is 0.348.